The first-order valence-corrected chi connectivity index (χ1v) is 4.51. The van der Waals surface area contributed by atoms with Gasteiger partial charge in [0, 0.05) is 19.4 Å². The number of rotatable bonds is 0. The molecule has 2 rings (SSSR count). The predicted octanol–water partition coefficient (Wildman–Crippen LogP) is 0.359. The molecule has 1 aromatic heterocycles. The summed E-state index contributed by atoms with van der Waals surface area (Å²) in [6, 6.07) is 0.183. The van der Waals surface area contributed by atoms with Crippen LogP contribution in [0.4, 0.5) is 0 Å². The first kappa shape index (κ1) is 8.44. The van der Waals surface area contributed by atoms with E-state index < -0.39 is 0 Å². The van der Waals surface area contributed by atoms with Crippen molar-refractivity contribution in [3.05, 3.63) is 17.5 Å². The molecule has 0 amide bonds. The van der Waals surface area contributed by atoms with Gasteiger partial charge in [0.15, 0.2) is 0 Å². The highest BCUT2D eigenvalue weighted by Crippen LogP contribution is 2.19. The van der Waals surface area contributed by atoms with E-state index in [-0.39, 0.29) is 11.9 Å². The summed E-state index contributed by atoms with van der Waals surface area (Å²) < 4.78 is 1.47. The number of carbonyl (C=O) groups is 1. The SMILES string of the molecule is CC(=O)n1ncc2c1CC(N)CC2. The van der Waals surface area contributed by atoms with Crippen LogP contribution in [0.1, 0.15) is 29.4 Å². The van der Waals surface area contributed by atoms with Crippen LogP contribution in [0.15, 0.2) is 6.20 Å². The highest BCUT2D eigenvalue weighted by Gasteiger charge is 2.21. The Morgan fingerprint density at radius 3 is 3.23 bits per heavy atom. The molecular formula is C9H13N3O. The zero-order valence-electron chi connectivity index (χ0n) is 7.66. The Bertz CT molecular complexity index is 343. The number of hydrogen-bond acceptors (Lipinski definition) is 3. The molecule has 0 spiro atoms. The van der Waals surface area contributed by atoms with E-state index in [4.69, 9.17) is 5.73 Å². The summed E-state index contributed by atoms with van der Waals surface area (Å²) in [5.41, 5.74) is 8.01. The second kappa shape index (κ2) is 2.96. The number of carbonyl (C=O) groups excluding carboxylic acids is 1. The largest absolute Gasteiger partial charge is 0.327 e. The third kappa shape index (κ3) is 1.37. The molecule has 1 aliphatic rings. The van der Waals surface area contributed by atoms with Gasteiger partial charge in [-0.2, -0.15) is 5.10 Å². The van der Waals surface area contributed by atoms with Crippen LogP contribution in [-0.2, 0) is 12.8 Å². The van der Waals surface area contributed by atoms with Gasteiger partial charge in [-0.3, -0.25) is 4.79 Å². The van der Waals surface area contributed by atoms with Crippen LogP contribution in [-0.4, -0.2) is 21.7 Å². The van der Waals surface area contributed by atoms with E-state index in [1.165, 1.54) is 17.2 Å². The Hall–Kier alpha value is -1.16. The Kier molecular flexibility index (Phi) is 1.92. The Labute approximate surface area is 76.7 Å². The predicted molar refractivity (Wildman–Crippen MR) is 48.5 cm³/mol. The third-order valence-corrected chi connectivity index (χ3v) is 2.49. The van der Waals surface area contributed by atoms with E-state index in [1.807, 2.05) is 0 Å². The molecule has 0 aliphatic heterocycles. The molecule has 1 aliphatic carbocycles. The lowest BCUT2D eigenvalue weighted by Gasteiger charge is -2.18. The van der Waals surface area contributed by atoms with Crippen LogP contribution in [0.25, 0.3) is 0 Å². The zero-order chi connectivity index (χ0) is 9.42. The van der Waals surface area contributed by atoms with E-state index in [1.54, 1.807) is 6.20 Å². The van der Waals surface area contributed by atoms with Crippen LogP contribution in [0, 0.1) is 0 Å². The van der Waals surface area contributed by atoms with Gasteiger partial charge in [0.05, 0.1) is 11.9 Å². The van der Waals surface area contributed by atoms with Crippen LogP contribution >= 0.6 is 0 Å². The number of aryl methyl sites for hydroxylation is 1. The molecular weight excluding hydrogens is 166 g/mol. The minimum atomic E-state index is -0.0321. The molecule has 1 atom stereocenters. The van der Waals surface area contributed by atoms with Crippen molar-refractivity contribution in [1.29, 1.82) is 0 Å². The molecule has 0 bridgehead atoms. The topological polar surface area (TPSA) is 60.9 Å². The number of hydrogen-bond donors (Lipinski definition) is 1. The normalized spacial score (nSPS) is 21.2. The summed E-state index contributed by atoms with van der Waals surface area (Å²) in [6.07, 6.45) is 4.50. The molecule has 2 N–H and O–H groups in total. The molecule has 70 valence electrons. The van der Waals surface area contributed by atoms with Crippen molar-refractivity contribution in [2.45, 2.75) is 32.2 Å². The highest BCUT2D eigenvalue weighted by molar-refractivity contribution is 5.76. The standard InChI is InChI=1S/C9H13N3O/c1-6(13)12-9-4-8(10)3-2-7(9)5-11-12/h5,8H,2-4,10H2,1H3. The maximum atomic E-state index is 11.1. The summed E-state index contributed by atoms with van der Waals surface area (Å²) in [5.74, 6) is -0.0321. The van der Waals surface area contributed by atoms with Gasteiger partial charge in [-0.1, -0.05) is 0 Å². The van der Waals surface area contributed by atoms with E-state index in [0.717, 1.165) is 25.0 Å². The Balaban J connectivity index is 2.41. The maximum absolute atomic E-state index is 11.1. The first-order valence-electron chi connectivity index (χ1n) is 4.51. The third-order valence-electron chi connectivity index (χ3n) is 2.49. The summed E-state index contributed by atoms with van der Waals surface area (Å²) in [7, 11) is 0. The number of nitrogens with zero attached hydrogens (tertiary/aromatic N) is 2. The smallest absolute Gasteiger partial charge is 0.243 e. The van der Waals surface area contributed by atoms with Gasteiger partial charge in [-0.05, 0) is 18.4 Å². The van der Waals surface area contributed by atoms with Crippen LogP contribution in [0.3, 0.4) is 0 Å². The lowest BCUT2D eigenvalue weighted by molar-refractivity contribution is 0.0917. The second-order valence-electron chi connectivity index (χ2n) is 3.55. The van der Waals surface area contributed by atoms with Gasteiger partial charge in [-0.15, -0.1) is 0 Å². The molecule has 4 nitrogen and oxygen atoms in total. The van der Waals surface area contributed by atoms with Gasteiger partial charge < -0.3 is 5.73 Å². The molecule has 0 fully saturated rings. The maximum Gasteiger partial charge on any atom is 0.243 e. The monoisotopic (exact) mass is 179 g/mol. The van der Waals surface area contributed by atoms with Gasteiger partial charge in [0.1, 0.15) is 0 Å². The molecule has 1 aromatic rings. The second-order valence-corrected chi connectivity index (χ2v) is 3.55. The van der Waals surface area contributed by atoms with Gasteiger partial charge in [0.2, 0.25) is 5.91 Å². The first-order chi connectivity index (χ1) is 6.18. The fraction of sp³-hybridized carbons (Fsp3) is 0.556. The van der Waals surface area contributed by atoms with E-state index in [0.29, 0.717) is 0 Å². The molecule has 4 heteroatoms. The lowest BCUT2D eigenvalue weighted by atomic mass is 9.94. The van der Waals surface area contributed by atoms with Crippen molar-refractivity contribution in [2.75, 3.05) is 0 Å². The Morgan fingerprint density at radius 2 is 2.54 bits per heavy atom. The molecule has 0 saturated carbocycles. The Morgan fingerprint density at radius 1 is 1.77 bits per heavy atom. The van der Waals surface area contributed by atoms with Crippen molar-refractivity contribution in [2.24, 2.45) is 5.73 Å². The molecule has 0 saturated heterocycles. The quantitative estimate of drug-likeness (QED) is 0.625. The molecule has 1 unspecified atom stereocenters. The molecule has 1 heterocycles. The number of fused-ring (bicyclic) bond motifs is 1. The molecule has 13 heavy (non-hydrogen) atoms. The zero-order valence-corrected chi connectivity index (χ0v) is 7.66. The fourth-order valence-corrected chi connectivity index (χ4v) is 1.80. The van der Waals surface area contributed by atoms with Crippen molar-refractivity contribution in [1.82, 2.24) is 9.78 Å². The highest BCUT2D eigenvalue weighted by atomic mass is 16.2. The number of aromatic nitrogens is 2. The minimum Gasteiger partial charge on any atom is -0.327 e. The van der Waals surface area contributed by atoms with E-state index in [2.05, 4.69) is 5.10 Å². The average molecular weight is 179 g/mol. The van der Waals surface area contributed by atoms with Gasteiger partial charge in [0.25, 0.3) is 0 Å². The van der Waals surface area contributed by atoms with Crippen molar-refractivity contribution in [3.8, 4) is 0 Å². The van der Waals surface area contributed by atoms with Crippen molar-refractivity contribution in [3.63, 3.8) is 0 Å². The fourth-order valence-electron chi connectivity index (χ4n) is 1.80. The molecule has 0 radical (unpaired) electrons. The van der Waals surface area contributed by atoms with Crippen LogP contribution < -0.4 is 5.73 Å². The van der Waals surface area contributed by atoms with Crippen molar-refractivity contribution >= 4 is 5.91 Å². The van der Waals surface area contributed by atoms with Gasteiger partial charge >= 0.3 is 0 Å². The van der Waals surface area contributed by atoms with Crippen molar-refractivity contribution < 1.29 is 4.79 Å². The summed E-state index contributed by atoms with van der Waals surface area (Å²) in [4.78, 5) is 11.1. The minimum absolute atomic E-state index is 0.0321. The average Bonchev–Trinajstić information content (AvgIpc) is 2.46. The molecule has 0 aromatic carbocycles. The van der Waals surface area contributed by atoms with Crippen LogP contribution in [0.2, 0.25) is 0 Å². The lowest BCUT2D eigenvalue weighted by Crippen LogP contribution is -2.29. The van der Waals surface area contributed by atoms with E-state index >= 15 is 0 Å². The van der Waals surface area contributed by atoms with E-state index in [9.17, 15) is 4.79 Å². The summed E-state index contributed by atoms with van der Waals surface area (Å²) in [6.45, 7) is 1.52. The summed E-state index contributed by atoms with van der Waals surface area (Å²) in [5, 5.41) is 4.04. The summed E-state index contributed by atoms with van der Waals surface area (Å²) >= 11 is 0. The van der Waals surface area contributed by atoms with Crippen LogP contribution in [0.5, 0.6) is 0 Å². The van der Waals surface area contributed by atoms with Gasteiger partial charge in [-0.25, -0.2) is 4.68 Å². The number of nitrogens with two attached hydrogens (primary N) is 1.